The quantitative estimate of drug-likeness (QED) is 0.739. The van der Waals surface area contributed by atoms with Crippen LogP contribution in [0.3, 0.4) is 0 Å². The molecule has 0 bridgehead atoms. The average molecular weight is 375 g/mol. The Hall–Kier alpha value is -3.41. The van der Waals surface area contributed by atoms with Crippen molar-refractivity contribution in [3.63, 3.8) is 0 Å². The number of carbonyl (C=O) groups is 2. The van der Waals surface area contributed by atoms with Gasteiger partial charge < -0.3 is 15.0 Å². The van der Waals surface area contributed by atoms with Crippen molar-refractivity contribution in [3.05, 3.63) is 60.8 Å². The molecule has 3 aromatic rings. The number of nitrogens with zero attached hydrogens (tertiary/aromatic N) is 2. The number of pyridine rings is 1. The Labute approximate surface area is 163 Å². The van der Waals surface area contributed by atoms with E-state index in [0.717, 1.165) is 10.9 Å². The second-order valence-electron chi connectivity index (χ2n) is 6.71. The highest BCUT2D eigenvalue weighted by Gasteiger charge is 2.36. The number of nitrogens with one attached hydrogen (secondary N) is 1. The van der Waals surface area contributed by atoms with Gasteiger partial charge in [-0.05, 0) is 31.2 Å². The van der Waals surface area contributed by atoms with Gasteiger partial charge in [0, 0.05) is 18.4 Å². The predicted octanol–water partition coefficient (Wildman–Crippen LogP) is 3.63. The van der Waals surface area contributed by atoms with E-state index in [4.69, 9.17) is 4.74 Å². The Bertz CT molecular complexity index is 1030. The van der Waals surface area contributed by atoms with Crippen LogP contribution in [-0.2, 0) is 9.59 Å². The van der Waals surface area contributed by atoms with Crippen LogP contribution in [0.15, 0.2) is 60.8 Å². The van der Waals surface area contributed by atoms with Gasteiger partial charge in [0.1, 0.15) is 5.75 Å². The third-order valence-corrected chi connectivity index (χ3v) is 4.81. The van der Waals surface area contributed by atoms with Gasteiger partial charge in [-0.2, -0.15) is 0 Å². The van der Waals surface area contributed by atoms with Crippen molar-refractivity contribution in [1.29, 1.82) is 0 Å². The zero-order valence-corrected chi connectivity index (χ0v) is 15.6. The SMILES string of the molecule is CCOc1ccccc1N1C[C@@H](C(=O)Nc2cnc3ccccc3c2)CC1=O. The smallest absolute Gasteiger partial charge is 0.229 e. The van der Waals surface area contributed by atoms with Crippen LogP contribution in [0, 0.1) is 5.92 Å². The van der Waals surface area contributed by atoms with Crippen LogP contribution in [-0.4, -0.2) is 29.9 Å². The number of benzene rings is 2. The number of aromatic nitrogens is 1. The fourth-order valence-corrected chi connectivity index (χ4v) is 3.46. The maximum atomic E-state index is 12.7. The van der Waals surface area contributed by atoms with Crippen molar-refractivity contribution in [2.45, 2.75) is 13.3 Å². The summed E-state index contributed by atoms with van der Waals surface area (Å²) in [6.07, 6.45) is 1.81. The minimum absolute atomic E-state index is 0.0797. The average Bonchev–Trinajstić information content (AvgIpc) is 3.10. The molecule has 1 saturated heterocycles. The molecule has 2 amide bonds. The molecule has 0 unspecified atom stereocenters. The number of ether oxygens (including phenoxy) is 1. The van der Waals surface area contributed by atoms with E-state index in [0.29, 0.717) is 30.3 Å². The van der Waals surface area contributed by atoms with Crippen LogP contribution < -0.4 is 15.0 Å². The second kappa shape index (κ2) is 7.68. The van der Waals surface area contributed by atoms with E-state index in [-0.39, 0.29) is 18.2 Å². The van der Waals surface area contributed by atoms with Crippen LogP contribution in [0.25, 0.3) is 10.9 Å². The lowest BCUT2D eigenvalue weighted by Crippen LogP contribution is -2.28. The summed E-state index contributed by atoms with van der Waals surface area (Å²) in [5.74, 6) is -0.0300. The minimum atomic E-state index is -0.423. The number of amides is 2. The maximum Gasteiger partial charge on any atom is 0.229 e. The molecule has 4 rings (SSSR count). The van der Waals surface area contributed by atoms with E-state index >= 15 is 0 Å². The van der Waals surface area contributed by atoms with Crippen LogP contribution in [0.1, 0.15) is 13.3 Å². The fraction of sp³-hybridized carbons (Fsp3) is 0.227. The lowest BCUT2D eigenvalue weighted by atomic mass is 10.1. The maximum absolute atomic E-state index is 12.7. The lowest BCUT2D eigenvalue weighted by Gasteiger charge is -2.20. The Balaban J connectivity index is 1.49. The monoisotopic (exact) mass is 375 g/mol. The summed E-state index contributed by atoms with van der Waals surface area (Å²) in [6.45, 7) is 2.74. The molecule has 1 fully saturated rings. The molecule has 6 heteroatoms. The second-order valence-corrected chi connectivity index (χ2v) is 6.71. The molecule has 2 aromatic carbocycles. The van der Waals surface area contributed by atoms with Gasteiger partial charge in [-0.15, -0.1) is 0 Å². The first-order chi connectivity index (χ1) is 13.7. The molecule has 0 spiro atoms. The number of para-hydroxylation sites is 3. The first-order valence-electron chi connectivity index (χ1n) is 9.33. The van der Waals surface area contributed by atoms with Gasteiger partial charge >= 0.3 is 0 Å². The molecule has 2 heterocycles. The van der Waals surface area contributed by atoms with Gasteiger partial charge in [-0.1, -0.05) is 30.3 Å². The Kier molecular flexibility index (Phi) is 4.93. The molecule has 142 valence electrons. The summed E-state index contributed by atoms with van der Waals surface area (Å²) >= 11 is 0. The Morgan fingerprint density at radius 1 is 1.21 bits per heavy atom. The van der Waals surface area contributed by atoms with E-state index in [2.05, 4.69) is 10.3 Å². The Morgan fingerprint density at radius 2 is 2.00 bits per heavy atom. The van der Waals surface area contributed by atoms with Crippen LogP contribution >= 0.6 is 0 Å². The summed E-state index contributed by atoms with van der Waals surface area (Å²) in [6, 6.07) is 17.0. The van der Waals surface area contributed by atoms with E-state index < -0.39 is 5.92 Å². The normalized spacial score (nSPS) is 16.4. The van der Waals surface area contributed by atoms with Gasteiger partial charge in [0.25, 0.3) is 0 Å². The topological polar surface area (TPSA) is 71.5 Å². The summed E-state index contributed by atoms with van der Waals surface area (Å²) in [5, 5.41) is 3.85. The summed E-state index contributed by atoms with van der Waals surface area (Å²) < 4.78 is 5.63. The summed E-state index contributed by atoms with van der Waals surface area (Å²) in [4.78, 5) is 31.3. The molecular formula is C22H21N3O3. The number of anilines is 2. The lowest BCUT2D eigenvalue weighted by molar-refractivity contribution is -0.122. The van der Waals surface area contributed by atoms with Crippen molar-refractivity contribution in [2.75, 3.05) is 23.4 Å². The van der Waals surface area contributed by atoms with Gasteiger partial charge in [-0.25, -0.2) is 0 Å². The first kappa shape index (κ1) is 18.0. The van der Waals surface area contributed by atoms with E-state index in [1.807, 2.05) is 61.5 Å². The van der Waals surface area contributed by atoms with Crippen LogP contribution in [0.4, 0.5) is 11.4 Å². The van der Waals surface area contributed by atoms with Crippen molar-refractivity contribution < 1.29 is 14.3 Å². The highest BCUT2D eigenvalue weighted by Crippen LogP contribution is 2.33. The van der Waals surface area contributed by atoms with Crippen LogP contribution in [0.2, 0.25) is 0 Å². The van der Waals surface area contributed by atoms with Crippen molar-refractivity contribution in [1.82, 2.24) is 4.98 Å². The first-order valence-corrected chi connectivity index (χ1v) is 9.33. The number of hydrogen-bond acceptors (Lipinski definition) is 4. The van der Waals surface area contributed by atoms with E-state index in [9.17, 15) is 9.59 Å². The highest BCUT2D eigenvalue weighted by molar-refractivity contribution is 6.04. The van der Waals surface area contributed by atoms with Gasteiger partial charge in [0.05, 0.1) is 35.6 Å². The molecule has 1 aromatic heterocycles. The van der Waals surface area contributed by atoms with E-state index in [1.54, 1.807) is 11.1 Å². The van der Waals surface area contributed by atoms with Crippen LogP contribution in [0.5, 0.6) is 5.75 Å². The number of carbonyl (C=O) groups excluding carboxylic acids is 2. The molecule has 1 aliphatic rings. The Morgan fingerprint density at radius 3 is 2.86 bits per heavy atom. The third kappa shape index (κ3) is 3.53. The van der Waals surface area contributed by atoms with Gasteiger partial charge in [0.15, 0.2) is 0 Å². The summed E-state index contributed by atoms with van der Waals surface area (Å²) in [5.41, 5.74) is 2.21. The van der Waals surface area contributed by atoms with Gasteiger partial charge in [0.2, 0.25) is 11.8 Å². The fourth-order valence-electron chi connectivity index (χ4n) is 3.46. The molecule has 0 radical (unpaired) electrons. The zero-order valence-electron chi connectivity index (χ0n) is 15.6. The van der Waals surface area contributed by atoms with Gasteiger partial charge in [-0.3, -0.25) is 14.6 Å². The number of fused-ring (bicyclic) bond motifs is 1. The van der Waals surface area contributed by atoms with Crippen molar-refractivity contribution >= 4 is 34.1 Å². The molecule has 1 aliphatic heterocycles. The minimum Gasteiger partial charge on any atom is -0.492 e. The summed E-state index contributed by atoms with van der Waals surface area (Å²) in [7, 11) is 0. The largest absolute Gasteiger partial charge is 0.492 e. The third-order valence-electron chi connectivity index (χ3n) is 4.81. The zero-order chi connectivity index (χ0) is 19.5. The van der Waals surface area contributed by atoms with E-state index in [1.165, 1.54) is 0 Å². The van der Waals surface area contributed by atoms with Crippen molar-refractivity contribution in [3.8, 4) is 5.75 Å². The molecule has 6 nitrogen and oxygen atoms in total. The molecule has 0 aliphatic carbocycles. The molecular weight excluding hydrogens is 354 g/mol. The number of hydrogen-bond donors (Lipinski definition) is 1. The highest BCUT2D eigenvalue weighted by atomic mass is 16.5. The standard InChI is InChI=1S/C22H21N3O3/c1-2-28-20-10-6-5-9-19(20)25-14-16(12-21(25)26)22(27)24-17-11-15-7-3-4-8-18(15)23-13-17/h3-11,13,16H,2,12,14H2,1H3,(H,24,27)/t16-/m0/s1. The van der Waals surface area contributed by atoms with Crippen molar-refractivity contribution in [2.24, 2.45) is 5.92 Å². The molecule has 0 saturated carbocycles. The molecule has 28 heavy (non-hydrogen) atoms. The molecule has 1 N–H and O–H groups in total. The molecule has 1 atom stereocenters. The number of rotatable bonds is 5. The predicted molar refractivity (Wildman–Crippen MR) is 108 cm³/mol.